The molecule has 0 aliphatic carbocycles. The molecular formula is C11H14N4O3. The van der Waals surface area contributed by atoms with Gasteiger partial charge in [-0.15, -0.1) is 0 Å². The number of nitrogens with zero attached hydrogens (tertiary/aromatic N) is 2. The fourth-order valence-electron chi connectivity index (χ4n) is 1.90. The van der Waals surface area contributed by atoms with Gasteiger partial charge in [0.25, 0.3) is 5.69 Å². The number of benzene rings is 1. The van der Waals surface area contributed by atoms with E-state index in [1.54, 1.807) is 25.2 Å². The van der Waals surface area contributed by atoms with Crippen molar-refractivity contribution in [2.75, 3.05) is 24.8 Å². The number of nitro benzene ring substituents is 1. The normalized spacial score (nSPS) is 14.1. The molecule has 1 aliphatic rings. The lowest BCUT2D eigenvalue weighted by Crippen LogP contribution is -2.22. The topological polar surface area (TPSA) is 87.5 Å². The first kappa shape index (κ1) is 12.3. The van der Waals surface area contributed by atoms with Crippen LogP contribution in [-0.2, 0) is 11.2 Å². The molecule has 18 heavy (non-hydrogen) atoms. The largest absolute Gasteiger partial charge is 0.326 e. The molecule has 0 bridgehead atoms. The van der Waals surface area contributed by atoms with Gasteiger partial charge in [0, 0.05) is 32.3 Å². The van der Waals surface area contributed by atoms with Gasteiger partial charge in [0.05, 0.1) is 4.92 Å². The zero-order valence-electron chi connectivity index (χ0n) is 10.2. The van der Waals surface area contributed by atoms with E-state index in [2.05, 4.69) is 10.7 Å². The van der Waals surface area contributed by atoms with E-state index in [-0.39, 0.29) is 11.6 Å². The van der Waals surface area contributed by atoms with Gasteiger partial charge in [-0.1, -0.05) is 0 Å². The molecule has 0 atom stereocenters. The highest BCUT2D eigenvalue weighted by Gasteiger charge is 2.22. The Morgan fingerprint density at radius 3 is 2.72 bits per heavy atom. The Labute approximate surface area is 104 Å². The van der Waals surface area contributed by atoms with Crippen molar-refractivity contribution >= 4 is 23.0 Å². The Morgan fingerprint density at radius 1 is 1.39 bits per heavy atom. The Hall–Kier alpha value is -2.15. The molecule has 0 fully saturated rings. The minimum Gasteiger partial charge on any atom is -0.326 e. The highest BCUT2D eigenvalue weighted by Crippen LogP contribution is 2.34. The van der Waals surface area contributed by atoms with Crippen LogP contribution in [-0.4, -0.2) is 29.9 Å². The average molecular weight is 250 g/mol. The summed E-state index contributed by atoms with van der Waals surface area (Å²) in [6, 6.07) is 3.12. The number of anilines is 2. The average Bonchev–Trinajstić information content (AvgIpc) is 2.26. The van der Waals surface area contributed by atoms with Crippen LogP contribution in [0.1, 0.15) is 12.0 Å². The van der Waals surface area contributed by atoms with Crippen LogP contribution in [0.2, 0.25) is 0 Å². The van der Waals surface area contributed by atoms with Crippen LogP contribution in [0.25, 0.3) is 0 Å². The molecule has 0 saturated heterocycles. The van der Waals surface area contributed by atoms with Crippen molar-refractivity contribution in [3.8, 4) is 0 Å². The second-order valence-corrected chi connectivity index (χ2v) is 4.34. The minimum absolute atomic E-state index is 0.0126. The summed E-state index contributed by atoms with van der Waals surface area (Å²) in [7, 11) is 3.48. The van der Waals surface area contributed by atoms with Crippen LogP contribution in [0.4, 0.5) is 17.1 Å². The molecule has 96 valence electrons. The summed E-state index contributed by atoms with van der Waals surface area (Å²) >= 11 is 0. The first-order chi connectivity index (χ1) is 8.47. The van der Waals surface area contributed by atoms with Crippen molar-refractivity contribution in [2.45, 2.75) is 12.8 Å². The molecule has 1 aromatic carbocycles. The third-order valence-electron chi connectivity index (χ3n) is 2.66. The number of aryl methyl sites for hydroxylation is 1. The smallest absolute Gasteiger partial charge is 0.294 e. The summed E-state index contributed by atoms with van der Waals surface area (Å²) in [4.78, 5) is 21.9. The van der Waals surface area contributed by atoms with Crippen molar-refractivity contribution in [3.63, 3.8) is 0 Å². The van der Waals surface area contributed by atoms with Gasteiger partial charge >= 0.3 is 0 Å². The van der Waals surface area contributed by atoms with Crippen molar-refractivity contribution in [3.05, 3.63) is 27.8 Å². The van der Waals surface area contributed by atoms with Gasteiger partial charge in [0.15, 0.2) is 0 Å². The highest BCUT2D eigenvalue weighted by atomic mass is 16.6. The fraction of sp³-hybridized carbons (Fsp3) is 0.364. The summed E-state index contributed by atoms with van der Waals surface area (Å²) in [6.07, 6.45) is 0.898. The molecule has 1 aromatic rings. The third kappa shape index (κ3) is 2.40. The van der Waals surface area contributed by atoms with Crippen molar-refractivity contribution in [1.29, 1.82) is 0 Å². The molecule has 0 spiro atoms. The lowest BCUT2D eigenvalue weighted by atomic mass is 10.0. The maximum atomic E-state index is 11.3. The number of carbonyl (C=O) groups excluding carboxylic acids is 1. The van der Waals surface area contributed by atoms with E-state index in [0.717, 1.165) is 5.56 Å². The van der Waals surface area contributed by atoms with E-state index in [9.17, 15) is 14.9 Å². The Kier molecular flexibility index (Phi) is 3.15. The van der Waals surface area contributed by atoms with Gasteiger partial charge in [0.1, 0.15) is 5.69 Å². The van der Waals surface area contributed by atoms with Crippen molar-refractivity contribution < 1.29 is 9.72 Å². The van der Waals surface area contributed by atoms with Crippen LogP contribution in [0.5, 0.6) is 0 Å². The number of nitro groups is 1. The maximum Gasteiger partial charge on any atom is 0.294 e. The summed E-state index contributed by atoms with van der Waals surface area (Å²) in [5, 5.41) is 15.3. The standard InChI is InChI=1S/C11H14N4O3/c1-14(2)13-9-6-8-7(3-4-11(16)12-8)5-10(9)15(17)18/h5-6,13H,3-4H2,1-2H3,(H,12,16). The zero-order valence-corrected chi connectivity index (χ0v) is 10.2. The van der Waals surface area contributed by atoms with Gasteiger partial charge in [-0.3, -0.25) is 14.9 Å². The summed E-state index contributed by atoms with van der Waals surface area (Å²) in [5.41, 5.74) is 4.68. The van der Waals surface area contributed by atoms with Crippen LogP contribution < -0.4 is 10.7 Å². The number of rotatable bonds is 3. The number of nitrogens with one attached hydrogen (secondary N) is 2. The lowest BCUT2D eigenvalue weighted by molar-refractivity contribution is -0.384. The monoisotopic (exact) mass is 250 g/mol. The van der Waals surface area contributed by atoms with Crippen LogP contribution in [0.15, 0.2) is 12.1 Å². The van der Waals surface area contributed by atoms with E-state index in [4.69, 9.17) is 0 Å². The summed E-state index contributed by atoms with van der Waals surface area (Å²) in [6.45, 7) is 0. The molecule has 2 rings (SSSR count). The molecule has 1 amide bonds. The maximum absolute atomic E-state index is 11.3. The van der Waals surface area contributed by atoms with E-state index >= 15 is 0 Å². The van der Waals surface area contributed by atoms with Crippen LogP contribution in [0, 0.1) is 10.1 Å². The van der Waals surface area contributed by atoms with E-state index < -0.39 is 4.92 Å². The minimum atomic E-state index is -0.428. The van der Waals surface area contributed by atoms with Crippen molar-refractivity contribution in [1.82, 2.24) is 5.01 Å². The molecule has 0 unspecified atom stereocenters. The SMILES string of the molecule is CN(C)Nc1cc2c(cc1[N+](=O)[O-])CCC(=O)N2. The quantitative estimate of drug-likeness (QED) is 0.625. The first-order valence-corrected chi connectivity index (χ1v) is 5.52. The van der Waals surface area contributed by atoms with E-state index in [0.29, 0.717) is 24.2 Å². The predicted octanol–water partition coefficient (Wildman–Crippen LogP) is 1.37. The third-order valence-corrected chi connectivity index (χ3v) is 2.66. The number of hydrogen-bond donors (Lipinski definition) is 2. The molecule has 0 aromatic heterocycles. The van der Waals surface area contributed by atoms with Crippen molar-refractivity contribution in [2.24, 2.45) is 0 Å². The van der Waals surface area contributed by atoms with Gasteiger partial charge < -0.3 is 10.7 Å². The van der Waals surface area contributed by atoms with Gasteiger partial charge in [-0.05, 0) is 18.1 Å². The van der Waals surface area contributed by atoms with E-state index in [1.807, 2.05) is 0 Å². The molecule has 1 aliphatic heterocycles. The second kappa shape index (κ2) is 4.61. The fourth-order valence-corrected chi connectivity index (χ4v) is 1.90. The Morgan fingerprint density at radius 2 is 2.11 bits per heavy atom. The molecule has 2 N–H and O–H groups in total. The highest BCUT2D eigenvalue weighted by molar-refractivity contribution is 5.95. The second-order valence-electron chi connectivity index (χ2n) is 4.34. The molecule has 1 heterocycles. The van der Waals surface area contributed by atoms with Crippen LogP contribution >= 0.6 is 0 Å². The first-order valence-electron chi connectivity index (χ1n) is 5.52. The molecule has 0 saturated carbocycles. The number of fused-ring (bicyclic) bond motifs is 1. The number of carbonyl (C=O) groups is 1. The zero-order chi connectivity index (χ0) is 13.3. The Bertz CT molecular complexity index is 513. The summed E-state index contributed by atoms with van der Waals surface area (Å²) < 4.78 is 0. The van der Waals surface area contributed by atoms with Gasteiger partial charge in [-0.2, -0.15) is 0 Å². The number of hydrogen-bond acceptors (Lipinski definition) is 5. The number of amides is 1. The predicted molar refractivity (Wildman–Crippen MR) is 67.4 cm³/mol. The molecule has 7 nitrogen and oxygen atoms in total. The molecular weight excluding hydrogens is 236 g/mol. The van der Waals surface area contributed by atoms with Gasteiger partial charge in [0.2, 0.25) is 5.91 Å². The molecule has 7 heteroatoms. The van der Waals surface area contributed by atoms with Crippen LogP contribution in [0.3, 0.4) is 0 Å². The number of hydrazine groups is 1. The van der Waals surface area contributed by atoms with E-state index in [1.165, 1.54) is 6.07 Å². The molecule has 0 radical (unpaired) electrons. The lowest BCUT2D eigenvalue weighted by Gasteiger charge is -2.20. The van der Waals surface area contributed by atoms with Gasteiger partial charge in [-0.25, -0.2) is 5.01 Å². The Balaban J connectivity index is 2.46. The summed E-state index contributed by atoms with van der Waals surface area (Å²) in [5.74, 6) is -0.0628.